The van der Waals surface area contributed by atoms with E-state index >= 15 is 0 Å². The van der Waals surface area contributed by atoms with Crippen molar-refractivity contribution in [2.75, 3.05) is 6.61 Å². The van der Waals surface area contributed by atoms with Crippen molar-refractivity contribution in [2.24, 2.45) is 5.90 Å². The lowest BCUT2D eigenvalue weighted by molar-refractivity contribution is 0.126. The quantitative estimate of drug-likeness (QED) is 0.600. The van der Waals surface area contributed by atoms with Crippen LogP contribution in [0, 0.1) is 6.92 Å². The molecule has 1 rings (SSSR count). The van der Waals surface area contributed by atoms with E-state index in [1.165, 1.54) is 0 Å². The second-order valence-corrected chi connectivity index (χ2v) is 3.43. The minimum Gasteiger partial charge on any atom is -0.304 e. The van der Waals surface area contributed by atoms with Crippen LogP contribution in [0.25, 0.3) is 0 Å². The summed E-state index contributed by atoms with van der Waals surface area (Å²) in [5.41, 5.74) is 1.88. The van der Waals surface area contributed by atoms with Gasteiger partial charge in [-0.3, -0.25) is 0 Å². The first-order chi connectivity index (χ1) is 6.15. The third-order valence-corrected chi connectivity index (χ3v) is 2.20. The number of hydrogen-bond acceptors (Lipinski definition) is 3. The second-order valence-electron chi connectivity index (χ2n) is 3.07. The predicted molar refractivity (Wildman–Crippen MR) is 52.5 cm³/mol. The number of rotatable bonds is 3. The molecule has 0 aliphatic rings. The second kappa shape index (κ2) is 4.56. The normalized spacial score (nSPS) is 12.9. The molecule has 1 unspecified atom stereocenters. The Bertz CT molecular complexity index is 291. The van der Waals surface area contributed by atoms with Crippen molar-refractivity contribution in [2.45, 2.75) is 19.8 Å². The minimum absolute atomic E-state index is 0.172. The Morgan fingerprint density at radius 1 is 1.62 bits per heavy atom. The van der Waals surface area contributed by atoms with Gasteiger partial charge in [0, 0.05) is 11.6 Å². The van der Waals surface area contributed by atoms with Gasteiger partial charge in [-0.2, -0.15) is 0 Å². The Labute approximate surface area is 82.8 Å². The third-order valence-electron chi connectivity index (χ3n) is 1.89. The molecule has 3 nitrogen and oxygen atoms in total. The van der Waals surface area contributed by atoms with Crippen LogP contribution in [-0.4, -0.2) is 11.6 Å². The SMILES string of the molecule is Cc1ccc(C(C)CON)c(Cl)n1. The van der Waals surface area contributed by atoms with Crippen LogP contribution in [0.4, 0.5) is 0 Å². The lowest BCUT2D eigenvalue weighted by Crippen LogP contribution is -2.09. The fourth-order valence-electron chi connectivity index (χ4n) is 1.14. The highest BCUT2D eigenvalue weighted by atomic mass is 35.5. The van der Waals surface area contributed by atoms with Crippen molar-refractivity contribution in [3.05, 3.63) is 28.5 Å². The van der Waals surface area contributed by atoms with E-state index in [2.05, 4.69) is 9.82 Å². The molecule has 72 valence electrons. The smallest absolute Gasteiger partial charge is 0.132 e. The molecule has 4 heteroatoms. The molecule has 0 aliphatic heterocycles. The number of nitrogens with zero attached hydrogens (tertiary/aromatic N) is 1. The summed E-state index contributed by atoms with van der Waals surface area (Å²) in [5.74, 6) is 5.16. The van der Waals surface area contributed by atoms with Crippen LogP contribution in [0.3, 0.4) is 0 Å². The number of aromatic nitrogens is 1. The highest BCUT2D eigenvalue weighted by molar-refractivity contribution is 6.30. The molecule has 0 radical (unpaired) electrons. The fourth-order valence-corrected chi connectivity index (χ4v) is 1.52. The van der Waals surface area contributed by atoms with Crippen LogP contribution < -0.4 is 5.90 Å². The van der Waals surface area contributed by atoms with Crippen molar-refractivity contribution >= 4 is 11.6 Å². The molecule has 1 heterocycles. The van der Waals surface area contributed by atoms with Crippen LogP contribution in [0.1, 0.15) is 24.1 Å². The van der Waals surface area contributed by atoms with E-state index in [4.69, 9.17) is 17.5 Å². The lowest BCUT2D eigenvalue weighted by atomic mass is 10.0. The summed E-state index contributed by atoms with van der Waals surface area (Å²) in [6.45, 7) is 4.34. The molecule has 0 aliphatic carbocycles. The minimum atomic E-state index is 0.172. The fraction of sp³-hybridized carbons (Fsp3) is 0.444. The first kappa shape index (κ1) is 10.4. The standard InChI is InChI=1S/C9H13ClN2O/c1-6(5-13-11)8-4-3-7(2)12-9(8)10/h3-4,6H,5,11H2,1-2H3. The summed E-state index contributed by atoms with van der Waals surface area (Å²) >= 11 is 5.95. The topological polar surface area (TPSA) is 48.1 Å². The van der Waals surface area contributed by atoms with Crippen molar-refractivity contribution in [1.82, 2.24) is 4.98 Å². The first-order valence-electron chi connectivity index (χ1n) is 4.10. The van der Waals surface area contributed by atoms with E-state index in [0.29, 0.717) is 11.8 Å². The Kier molecular flexibility index (Phi) is 3.66. The molecule has 0 saturated heterocycles. The van der Waals surface area contributed by atoms with Gasteiger partial charge in [0.05, 0.1) is 6.61 Å². The molecule has 0 aromatic carbocycles. The Morgan fingerprint density at radius 3 is 2.85 bits per heavy atom. The summed E-state index contributed by atoms with van der Waals surface area (Å²) in [6, 6.07) is 3.88. The van der Waals surface area contributed by atoms with Crippen molar-refractivity contribution in [1.29, 1.82) is 0 Å². The summed E-state index contributed by atoms with van der Waals surface area (Å²) in [4.78, 5) is 8.70. The van der Waals surface area contributed by atoms with Gasteiger partial charge in [0.1, 0.15) is 5.15 Å². The number of aryl methyl sites for hydroxylation is 1. The van der Waals surface area contributed by atoms with E-state index in [0.717, 1.165) is 11.3 Å². The molecule has 1 aromatic heterocycles. The van der Waals surface area contributed by atoms with Gasteiger partial charge in [0.2, 0.25) is 0 Å². The van der Waals surface area contributed by atoms with E-state index in [1.54, 1.807) is 0 Å². The average Bonchev–Trinajstić information content (AvgIpc) is 2.04. The van der Waals surface area contributed by atoms with E-state index in [1.807, 2.05) is 26.0 Å². The van der Waals surface area contributed by atoms with Crippen LogP contribution >= 0.6 is 11.6 Å². The summed E-state index contributed by atoms with van der Waals surface area (Å²) in [7, 11) is 0. The van der Waals surface area contributed by atoms with Crippen molar-refractivity contribution in [3.63, 3.8) is 0 Å². The van der Waals surface area contributed by atoms with Crippen LogP contribution in [-0.2, 0) is 4.84 Å². The molecule has 1 aromatic rings. The molecular weight excluding hydrogens is 188 g/mol. The zero-order valence-electron chi connectivity index (χ0n) is 7.75. The van der Waals surface area contributed by atoms with Gasteiger partial charge in [-0.15, -0.1) is 0 Å². The molecule has 13 heavy (non-hydrogen) atoms. The largest absolute Gasteiger partial charge is 0.304 e. The maximum Gasteiger partial charge on any atom is 0.132 e. The van der Waals surface area contributed by atoms with Crippen LogP contribution in [0.15, 0.2) is 12.1 Å². The Morgan fingerprint density at radius 2 is 2.31 bits per heavy atom. The number of hydrogen-bond donors (Lipinski definition) is 1. The maximum atomic E-state index is 5.95. The molecule has 0 saturated carbocycles. The van der Waals surface area contributed by atoms with E-state index in [9.17, 15) is 0 Å². The lowest BCUT2D eigenvalue weighted by Gasteiger charge is -2.11. The Balaban J connectivity index is 2.88. The van der Waals surface area contributed by atoms with Crippen molar-refractivity contribution < 1.29 is 4.84 Å². The molecule has 0 amide bonds. The van der Waals surface area contributed by atoms with E-state index in [-0.39, 0.29) is 5.92 Å². The molecule has 1 atom stereocenters. The number of nitrogens with two attached hydrogens (primary N) is 1. The highest BCUT2D eigenvalue weighted by Crippen LogP contribution is 2.22. The van der Waals surface area contributed by atoms with Gasteiger partial charge in [-0.1, -0.05) is 24.6 Å². The third kappa shape index (κ3) is 2.66. The zero-order valence-corrected chi connectivity index (χ0v) is 8.51. The summed E-state index contributed by atoms with van der Waals surface area (Å²) in [6.07, 6.45) is 0. The molecule has 0 fully saturated rings. The van der Waals surface area contributed by atoms with Crippen LogP contribution in [0.5, 0.6) is 0 Å². The summed E-state index contributed by atoms with van der Waals surface area (Å²) in [5, 5.41) is 0.532. The monoisotopic (exact) mass is 200 g/mol. The average molecular weight is 201 g/mol. The number of halogens is 1. The van der Waals surface area contributed by atoms with Crippen molar-refractivity contribution in [3.8, 4) is 0 Å². The van der Waals surface area contributed by atoms with Crippen LogP contribution in [0.2, 0.25) is 5.15 Å². The predicted octanol–water partition coefficient (Wildman–Crippen LogP) is 2.04. The molecule has 0 bridgehead atoms. The van der Waals surface area contributed by atoms with Gasteiger partial charge >= 0.3 is 0 Å². The number of pyridine rings is 1. The van der Waals surface area contributed by atoms with E-state index < -0.39 is 0 Å². The summed E-state index contributed by atoms with van der Waals surface area (Å²) < 4.78 is 0. The first-order valence-corrected chi connectivity index (χ1v) is 4.47. The van der Waals surface area contributed by atoms with Gasteiger partial charge < -0.3 is 4.84 Å². The van der Waals surface area contributed by atoms with Gasteiger partial charge in [-0.25, -0.2) is 10.9 Å². The van der Waals surface area contributed by atoms with Gasteiger partial charge in [0.25, 0.3) is 0 Å². The Hall–Kier alpha value is -0.640. The van der Waals surface area contributed by atoms with Gasteiger partial charge in [-0.05, 0) is 18.6 Å². The van der Waals surface area contributed by atoms with Gasteiger partial charge in [0.15, 0.2) is 0 Å². The molecular formula is C9H13ClN2O. The molecule has 0 spiro atoms. The maximum absolute atomic E-state index is 5.95. The molecule has 2 N–H and O–H groups in total. The zero-order chi connectivity index (χ0) is 9.84. The highest BCUT2D eigenvalue weighted by Gasteiger charge is 2.10.